The number of hydrogen-bond acceptors (Lipinski definition) is 4. The van der Waals surface area contributed by atoms with Crippen LogP contribution < -0.4 is 0 Å². The van der Waals surface area contributed by atoms with Gasteiger partial charge >= 0.3 is 0 Å². The van der Waals surface area contributed by atoms with Gasteiger partial charge in [-0.2, -0.15) is 5.10 Å². The molecule has 0 amide bonds. The molecule has 5 nitrogen and oxygen atoms in total. The second kappa shape index (κ2) is 3.84. The predicted molar refractivity (Wildman–Crippen MR) is 56.9 cm³/mol. The zero-order chi connectivity index (χ0) is 11.0. The van der Waals surface area contributed by atoms with Crippen LogP contribution in [0.4, 0.5) is 0 Å². The Morgan fingerprint density at radius 3 is 3.25 bits per heavy atom. The second-order valence-electron chi connectivity index (χ2n) is 4.07. The highest BCUT2D eigenvalue weighted by Crippen LogP contribution is 2.30. The fraction of sp³-hybridized carbons (Fsp3) is 0.455. The maximum Gasteiger partial charge on any atom is 0.0903 e. The van der Waals surface area contributed by atoms with Gasteiger partial charge in [-0.05, 0) is 6.42 Å². The highest BCUT2D eigenvalue weighted by Gasteiger charge is 2.27. The molecule has 0 aromatic carbocycles. The van der Waals surface area contributed by atoms with E-state index >= 15 is 0 Å². The zero-order valence-corrected chi connectivity index (χ0v) is 8.78. The number of ether oxygens (including phenoxy) is 1. The summed E-state index contributed by atoms with van der Waals surface area (Å²) in [5, 5.41) is 14.4. The van der Waals surface area contributed by atoms with Crippen molar-refractivity contribution in [3.05, 3.63) is 30.4 Å². The van der Waals surface area contributed by atoms with E-state index in [2.05, 4.69) is 10.1 Å². The van der Waals surface area contributed by atoms with Crippen LogP contribution in [0.5, 0.6) is 0 Å². The van der Waals surface area contributed by atoms with Crippen molar-refractivity contribution < 1.29 is 9.84 Å². The Labute approximate surface area is 92.7 Å². The topological polar surface area (TPSA) is 59.7 Å². The molecule has 1 aliphatic heterocycles. The first-order chi connectivity index (χ1) is 7.86. The van der Waals surface area contributed by atoms with Gasteiger partial charge in [-0.3, -0.25) is 4.98 Å². The van der Waals surface area contributed by atoms with Gasteiger partial charge in [-0.25, -0.2) is 4.52 Å². The van der Waals surface area contributed by atoms with E-state index in [1.54, 1.807) is 29.3 Å². The largest absolute Gasteiger partial charge is 0.388 e. The van der Waals surface area contributed by atoms with Crippen molar-refractivity contribution in [3.63, 3.8) is 0 Å². The molecule has 0 aliphatic carbocycles. The van der Waals surface area contributed by atoms with Crippen LogP contribution >= 0.6 is 0 Å². The number of fused-ring (bicyclic) bond motifs is 1. The molecule has 0 radical (unpaired) electrons. The third-order valence-electron chi connectivity index (χ3n) is 3.08. The fourth-order valence-corrected chi connectivity index (χ4v) is 2.14. The number of hydrogen-bond donors (Lipinski definition) is 1. The molecule has 2 unspecified atom stereocenters. The third-order valence-corrected chi connectivity index (χ3v) is 3.08. The third kappa shape index (κ3) is 1.48. The first-order valence-corrected chi connectivity index (χ1v) is 5.39. The molecule has 5 heteroatoms. The Morgan fingerprint density at radius 2 is 2.44 bits per heavy atom. The van der Waals surface area contributed by atoms with E-state index < -0.39 is 6.10 Å². The summed E-state index contributed by atoms with van der Waals surface area (Å²) in [7, 11) is 0. The molecule has 3 rings (SSSR count). The Morgan fingerprint density at radius 1 is 1.50 bits per heavy atom. The van der Waals surface area contributed by atoms with Crippen molar-refractivity contribution in [3.8, 4) is 0 Å². The van der Waals surface area contributed by atoms with Crippen molar-refractivity contribution in [1.82, 2.24) is 14.6 Å². The maximum atomic E-state index is 10.2. The smallest absolute Gasteiger partial charge is 0.0903 e. The summed E-state index contributed by atoms with van der Waals surface area (Å²) in [5.41, 5.74) is 1.70. The summed E-state index contributed by atoms with van der Waals surface area (Å²) < 4.78 is 7.01. The predicted octanol–water partition coefficient (Wildman–Crippen LogP) is 0.799. The molecular formula is C11H13N3O2. The van der Waals surface area contributed by atoms with Gasteiger partial charge in [0.1, 0.15) is 0 Å². The van der Waals surface area contributed by atoms with Gasteiger partial charge in [-0.1, -0.05) is 0 Å². The summed E-state index contributed by atoms with van der Waals surface area (Å²) in [6.45, 7) is 1.36. The monoisotopic (exact) mass is 219 g/mol. The molecule has 2 atom stereocenters. The molecule has 84 valence electrons. The number of aromatic nitrogens is 3. The van der Waals surface area contributed by atoms with E-state index in [4.69, 9.17) is 4.74 Å². The minimum absolute atomic E-state index is 0.174. The number of nitrogens with zero attached hydrogens (tertiary/aromatic N) is 3. The van der Waals surface area contributed by atoms with Gasteiger partial charge in [0, 0.05) is 30.5 Å². The van der Waals surface area contributed by atoms with E-state index in [0.29, 0.717) is 6.61 Å². The summed E-state index contributed by atoms with van der Waals surface area (Å²) in [5.74, 6) is 0.174. The lowest BCUT2D eigenvalue weighted by atomic mass is 9.96. The summed E-state index contributed by atoms with van der Waals surface area (Å²) in [4.78, 5) is 4.05. The Balaban J connectivity index is 1.98. The molecule has 1 N–H and O–H groups in total. The SMILES string of the molecule is OC(c1cnn2ccncc12)C1CCOC1. The van der Waals surface area contributed by atoms with E-state index in [1.165, 1.54) is 0 Å². The van der Waals surface area contributed by atoms with Crippen molar-refractivity contribution in [1.29, 1.82) is 0 Å². The Hall–Kier alpha value is -1.46. The lowest BCUT2D eigenvalue weighted by molar-refractivity contribution is 0.0928. The van der Waals surface area contributed by atoms with Gasteiger partial charge in [0.05, 0.1) is 30.6 Å². The van der Waals surface area contributed by atoms with Crippen molar-refractivity contribution in [2.45, 2.75) is 12.5 Å². The van der Waals surface area contributed by atoms with Crippen molar-refractivity contribution in [2.75, 3.05) is 13.2 Å². The molecule has 3 heterocycles. The molecule has 0 spiro atoms. The Bertz CT molecular complexity index is 491. The van der Waals surface area contributed by atoms with Crippen LogP contribution in [-0.2, 0) is 4.74 Å². The summed E-state index contributed by atoms with van der Waals surface area (Å²) in [6.07, 6.45) is 7.27. The highest BCUT2D eigenvalue weighted by atomic mass is 16.5. The highest BCUT2D eigenvalue weighted by molar-refractivity contribution is 5.52. The zero-order valence-electron chi connectivity index (χ0n) is 8.78. The van der Waals surface area contributed by atoms with Crippen LogP contribution in [0.2, 0.25) is 0 Å². The number of aliphatic hydroxyl groups excluding tert-OH is 1. The number of aliphatic hydroxyl groups is 1. The molecule has 2 aromatic heterocycles. The van der Waals surface area contributed by atoms with Crippen LogP contribution in [0.1, 0.15) is 18.1 Å². The summed E-state index contributed by atoms with van der Waals surface area (Å²) >= 11 is 0. The van der Waals surface area contributed by atoms with Gasteiger partial charge in [-0.15, -0.1) is 0 Å². The molecule has 16 heavy (non-hydrogen) atoms. The fourth-order valence-electron chi connectivity index (χ4n) is 2.14. The average Bonchev–Trinajstić information content (AvgIpc) is 2.98. The van der Waals surface area contributed by atoms with Crippen molar-refractivity contribution in [2.24, 2.45) is 5.92 Å². The van der Waals surface area contributed by atoms with E-state index in [9.17, 15) is 5.11 Å². The quantitative estimate of drug-likeness (QED) is 0.811. The van der Waals surface area contributed by atoms with Crippen LogP contribution in [0, 0.1) is 5.92 Å². The second-order valence-corrected chi connectivity index (χ2v) is 4.07. The molecule has 1 aliphatic rings. The minimum atomic E-state index is -0.510. The molecule has 1 saturated heterocycles. The van der Waals surface area contributed by atoms with E-state index in [0.717, 1.165) is 24.1 Å². The van der Waals surface area contributed by atoms with Crippen molar-refractivity contribution >= 4 is 5.52 Å². The Kier molecular flexibility index (Phi) is 2.34. The maximum absolute atomic E-state index is 10.2. The minimum Gasteiger partial charge on any atom is -0.388 e. The van der Waals surface area contributed by atoms with Crippen LogP contribution in [0.25, 0.3) is 5.52 Å². The van der Waals surface area contributed by atoms with Gasteiger partial charge in [0.2, 0.25) is 0 Å². The molecule has 0 bridgehead atoms. The van der Waals surface area contributed by atoms with Gasteiger partial charge in [0.15, 0.2) is 0 Å². The normalized spacial score (nSPS) is 22.7. The van der Waals surface area contributed by atoms with E-state index in [-0.39, 0.29) is 5.92 Å². The van der Waals surface area contributed by atoms with Gasteiger partial charge in [0.25, 0.3) is 0 Å². The standard InChI is InChI=1S/C11H13N3O2/c15-11(8-1-4-16-7-8)9-5-13-14-3-2-12-6-10(9)14/h2-3,5-6,8,11,15H,1,4,7H2. The summed E-state index contributed by atoms with van der Waals surface area (Å²) in [6, 6.07) is 0. The first-order valence-electron chi connectivity index (χ1n) is 5.39. The van der Waals surface area contributed by atoms with Crippen LogP contribution in [-0.4, -0.2) is 32.9 Å². The van der Waals surface area contributed by atoms with E-state index in [1.807, 2.05) is 0 Å². The van der Waals surface area contributed by atoms with Gasteiger partial charge < -0.3 is 9.84 Å². The molecule has 1 fully saturated rings. The lowest BCUT2D eigenvalue weighted by Crippen LogP contribution is -2.12. The average molecular weight is 219 g/mol. The lowest BCUT2D eigenvalue weighted by Gasteiger charge is -2.14. The molecule has 2 aromatic rings. The van der Waals surface area contributed by atoms with Crippen LogP contribution in [0.15, 0.2) is 24.8 Å². The number of rotatable bonds is 2. The first kappa shape index (κ1) is 9.74. The molecular weight excluding hydrogens is 206 g/mol. The molecule has 0 saturated carbocycles. The van der Waals surface area contributed by atoms with Crippen LogP contribution in [0.3, 0.4) is 0 Å².